The average molecular weight is 197 g/mol. The molecule has 0 saturated heterocycles. The molecule has 3 heteroatoms. The first-order valence-electron chi connectivity index (χ1n) is 3.71. The monoisotopic (exact) mass is 196 g/mol. The van der Waals surface area contributed by atoms with E-state index in [1.807, 2.05) is 6.92 Å². The summed E-state index contributed by atoms with van der Waals surface area (Å²) < 4.78 is 0. The van der Waals surface area contributed by atoms with Gasteiger partial charge < -0.3 is 5.11 Å². The lowest BCUT2D eigenvalue weighted by Gasteiger charge is -2.07. The van der Waals surface area contributed by atoms with E-state index >= 15 is 0 Å². The molecule has 0 aromatic rings. The van der Waals surface area contributed by atoms with Crippen LogP contribution in [0.2, 0.25) is 0 Å². The molecule has 0 aromatic heterocycles. The first kappa shape index (κ1) is 11.3. The van der Waals surface area contributed by atoms with Crippen LogP contribution in [0.3, 0.4) is 0 Å². The minimum Gasteiger partial charge on any atom is -0.386 e. The van der Waals surface area contributed by atoms with E-state index in [4.69, 9.17) is 23.2 Å². The van der Waals surface area contributed by atoms with E-state index in [-0.39, 0.29) is 0 Å². The molecule has 0 amide bonds. The highest BCUT2D eigenvalue weighted by Crippen LogP contribution is 2.12. The van der Waals surface area contributed by atoms with Crippen LogP contribution in [0.25, 0.3) is 0 Å². The maximum atomic E-state index is 9.18. The van der Waals surface area contributed by atoms with Crippen LogP contribution in [0.1, 0.15) is 26.7 Å². The second kappa shape index (κ2) is 5.87. The van der Waals surface area contributed by atoms with Crippen LogP contribution in [0.4, 0.5) is 0 Å². The van der Waals surface area contributed by atoms with Gasteiger partial charge in [-0.25, -0.2) is 0 Å². The number of alkyl halides is 2. The number of aliphatic hydroxyl groups excluding tert-OH is 1. The van der Waals surface area contributed by atoms with Crippen LogP contribution in [0, 0.1) is 0 Å². The lowest BCUT2D eigenvalue weighted by atomic mass is 10.1. The second-order valence-electron chi connectivity index (χ2n) is 2.59. The number of hydrogen-bond acceptors (Lipinski definition) is 1. The van der Waals surface area contributed by atoms with Crippen LogP contribution in [0.15, 0.2) is 11.6 Å². The first-order valence-corrected chi connectivity index (χ1v) is 4.58. The molecule has 0 heterocycles. The van der Waals surface area contributed by atoms with Gasteiger partial charge in [-0.05, 0) is 13.3 Å². The number of hydrogen-bond donors (Lipinski definition) is 1. The third kappa shape index (κ3) is 5.54. The maximum absolute atomic E-state index is 9.18. The summed E-state index contributed by atoms with van der Waals surface area (Å²) in [5, 5.41) is 9.18. The van der Waals surface area contributed by atoms with Gasteiger partial charge in [0, 0.05) is 0 Å². The van der Waals surface area contributed by atoms with Gasteiger partial charge in [-0.2, -0.15) is 0 Å². The molecule has 0 spiro atoms. The lowest BCUT2D eigenvalue weighted by molar-refractivity contribution is 0.236. The molecule has 0 aliphatic heterocycles. The zero-order valence-corrected chi connectivity index (χ0v) is 8.36. The summed E-state index contributed by atoms with van der Waals surface area (Å²) >= 11 is 10.9. The highest BCUT2D eigenvalue weighted by atomic mass is 35.5. The predicted molar refractivity (Wildman–Crippen MR) is 50.2 cm³/mol. The number of halogens is 2. The lowest BCUT2D eigenvalue weighted by Crippen LogP contribution is -2.12. The summed E-state index contributed by atoms with van der Waals surface area (Å²) in [4.78, 5) is -0.721. The molecule has 0 aromatic carbocycles. The van der Waals surface area contributed by atoms with Gasteiger partial charge in [0.1, 0.15) is 10.9 Å². The summed E-state index contributed by atoms with van der Waals surface area (Å²) in [7, 11) is 0. The fraction of sp³-hybridized carbons (Fsp3) is 0.750. The van der Waals surface area contributed by atoms with Gasteiger partial charge in [-0.3, -0.25) is 0 Å². The van der Waals surface area contributed by atoms with Gasteiger partial charge in [-0.1, -0.05) is 25.0 Å². The minimum absolute atomic E-state index is 0.721. The van der Waals surface area contributed by atoms with E-state index in [9.17, 15) is 5.11 Å². The van der Waals surface area contributed by atoms with Crippen molar-refractivity contribution in [1.82, 2.24) is 0 Å². The van der Waals surface area contributed by atoms with Crippen molar-refractivity contribution in [2.75, 3.05) is 0 Å². The quantitative estimate of drug-likeness (QED) is 0.542. The van der Waals surface area contributed by atoms with Crippen molar-refractivity contribution in [1.29, 1.82) is 0 Å². The Morgan fingerprint density at radius 2 is 2.09 bits per heavy atom. The number of rotatable bonds is 4. The van der Waals surface area contributed by atoms with Gasteiger partial charge in [0.15, 0.2) is 0 Å². The molecule has 1 unspecified atom stereocenters. The number of allylic oxidation sites excluding steroid dienone is 1. The van der Waals surface area contributed by atoms with Crippen molar-refractivity contribution in [3.8, 4) is 0 Å². The van der Waals surface area contributed by atoms with E-state index in [0.29, 0.717) is 0 Å². The van der Waals surface area contributed by atoms with Crippen LogP contribution in [0.5, 0.6) is 0 Å². The standard InChI is InChI=1S/C8H14Cl2O/c1-3-4-6(2)5-7(11)8(9)10/h5,7-8,11H,3-4H2,1-2H3. The normalized spacial score (nSPS) is 15.6. The first-order chi connectivity index (χ1) is 5.07. The molecule has 11 heavy (non-hydrogen) atoms. The zero-order valence-electron chi connectivity index (χ0n) is 6.85. The van der Waals surface area contributed by atoms with E-state index < -0.39 is 10.9 Å². The molecule has 0 aliphatic rings. The Morgan fingerprint density at radius 3 is 2.45 bits per heavy atom. The predicted octanol–water partition coefficient (Wildman–Crippen LogP) is 2.90. The van der Waals surface area contributed by atoms with Gasteiger partial charge in [-0.15, -0.1) is 23.2 Å². The molecular weight excluding hydrogens is 183 g/mol. The van der Waals surface area contributed by atoms with Crippen LogP contribution >= 0.6 is 23.2 Å². The van der Waals surface area contributed by atoms with E-state index in [1.165, 1.54) is 0 Å². The van der Waals surface area contributed by atoms with Crippen LogP contribution in [-0.2, 0) is 0 Å². The highest BCUT2D eigenvalue weighted by Gasteiger charge is 2.09. The second-order valence-corrected chi connectivity index (χ2v) is 3.75. The van der Waals surface area contributed by atoms with E-state index in [2.05, 4.69) is 6.92 Å². The molecule has 1 nitrogen and oxygen atoms in total. The van der Waals surface area contributed by atoms with E-state index in [1.54, 1.807) is 6.08 Å². The van der Waals surface area contributed by atoms with Crippen molar-refractivity contribution in [3.05, 3.63) is 11.6 Å². The van der Waals surface area contributed by atoms with Gasteiger partial charge in [0.05, 0.1) is 0 Å². The summed E-state index contributed by atoms with van der Waals surface area (Å²) in [5.74, 6) is 0. The molecule has 0 aliphatic carbocycles. The Balaban J connectivity index is 3.86. The average Bonchev–Trinajstić information content (AvgIpc) is 1.87. The largest absolute Gasteiger partial charge is 0.386 e. The SMILES string of the molecule is CCCC(C)=CC(O)C(Cl)Cl. The van der Waals surface area contributed by atoms with Crippen LogP contribution < -0.4 is 0 Å². The molecule has 1 N–H and O–H groups in total. The highest BCUT2D eigenvalue weighted by molar-refractivity contribution is 6.44. The molecule has 0 bridgehead atoms. The third-order valence-corrected chi connectivity index (χ3v) is 1.87. The maximum Gasteiger partial charge on any atom is 0.137 e. The van der Waals surface area contributed by atoms with Gasteiger partial charge in [0.2, 0.25) is 0 Å². The Labute approximate surface area is 78.0 Å². The summed E-state index contributed by atoms with van der Waals surface area (Å²) in [5.41, 5.74) is 1.13. The van der Waals surface area contributed by atoms with Crippen molar-refractivity contribution in [3.63, 3.8) is 0 Å². The van der Waals surface area contributed by atoms with Gasteiger partial charge >= 0.3 is 0 Å². The Morgan fingerprint density at radius 1 is 1.55 bits per heavy atom. The fourth-order valence-corrected chi connectivity index (χ4v) is 0.987. The molecule has 1 atom stereocenters. The van der Waals surface area contributed by atoms with Crippen molar-refractivity contribution >= 4 is 23.2 Å². The topological polar surface area (TPSA) is 20.2 Å². The van der Waals surface area contributed by atoms with Crippen molar-refractivity contribution in [2.24, 2.45) is 0 Å². The Hall–Kier alpha value is 0.280. The molecule has 66 valence electrons. The minimum atomic E-state index is -0.732. The molecule has 0 rings (SSSR count). The molecular formula is C8H14Cl2O. The van der Waals surface area contributed by atoms with Gasteiger partial charge in [0.25, 0.3) is 0 Å². The summed E-state index contributed by atoms with van der Waals surface area (Å²) in [6.07, 6.45) is 3.03. The van der Waals surface area contributed by atoms with Crippen molar-refractivity contribution in [2.45, 2.75) is 37.6 Å². The number of aliphatic hydroxyl groups is 1. The molecule has 0 radical (unpaired) electrons. The Bertz CT molecular complexity index is 132. The molecule has 0 fully saturated rings. The summed E-state index contributed by atoms with van der Waals surface area (Å²) in [6.45, 7) is 4.05. The van der Waals surface area contributed by atoms with E-state index in [0.717, 1.165) is 18.4 Å². The van der Waals surface area contributed by atoms with Crippen molar-refractivity contribution < 1.29 is 5.11 Å². The summed E-state index contributed by atoms with van der Waals surface area (Å²) in [6, 6.07) is 0. The zero-order chi connectivity index (χ0) is 8.85. The third-order valence-electron chi connectivity index (χ3n) is 1.36. The smallest absolute Gasteiger partial charge is 0.137 e. The fourth-order valence-electron chi connectivity index (χ4n) is 0.842. The molecule has 0 saturated carbocycles. The Kier molecular flexibility index (Phi) is 6.02. The van der Waals surface area contributed by atoms with Crippen LogP contribution in [-0.4, -0.2) is 16.0 Å².